The van der Waals surface area contributed by atoms with Crippen molar-refractivity contribution in [3.63, 3.8) is 0 Å². The number of hydrogen-bond donors (Lipinski definition) is 2. The van der Waals surface area contributed by atoms with Crippen molar-refractivity contribution in [1.29, 1.82) is 0 Å². The molecule has 1 aromatic rings. The Labute approximate surface area is 109 Å². The summed E-state index contributed by atoms with van der Waals surface area (Å²) in [6, 6.07) is 3.83. The fourth-order valence-corrected chi connectivity index (χ4v) is 2.55. The fraction of sp³-hybridized carbons (Fsp3) is 0.714. The molecule has 0 aromatic carbocycles. The number of aromatic nitrogens is 2. The smallest absolute Gasteiger partial charge is 0.148 e. The van der Waals surface area contributed by atoms with E-state index in [1.165, 1.54) is 6.42 Å². The number of rotatable bonds is 4. The summed E-state index contributed by atoms with van der Waals surface area (Å²) in [6.07, 6.45) is 5.27. The minimum Gasteiger partial charge on any atom is -0.388 e. The van der Waals surface area contributed by atoms with Gasteiger partial charge >= 0.3 is 0 Å². The van der Waals surface area contributed by atoms with Crippen molar-refractivity contribution in [2.45, 2.75) is 51.6 Å². The molecule has 1 fully saturated rings. The van der Waals surface area contributed by atoms with E-state index < -0.39 is 5.60 Å². The monoisotopic (exact) mass is 249 g/mol. The number of nitrogens with one attached hydrogen (secondary N) is 1. The molecule has 1 aliphatic rings. The van der Waals surface area contributed by atoms with Crippen LogP contribution >= 0.6 is 0 Å². The molecule has 100 valence electrons. The molecule has 4 nitrogen and oxygen atoms in total. The van der Waals surface area contributed by atoms with E-state index in [1.54, 1.807) is 0 Å². The number of nitrogens with zero attached hydrogens (tertiary/aromatic N) is 2. The van der Waals surface area contributed by atoms with E-state index in [4.69, 9.17) is 0 Å². The molecule has 2 rings (SSSR count). The van der Waals surface area contributed by atoms with Crippen LogP contribution in [0, 0.1) is 12.8 Å². The zero-order valence-electron chi connectivity index (χ0n) is 11.3. The number of anilines is 1. The minimum absolute atomic E-state index is 0.571. The molecular formula is C14H23N3O. The Morgan fingerprint density at radius 3 is 2.61 bits per heavy atom. The highest BCUT2D eigenvalue weighted by Gasteiger charge is 2.32. The fourth-order valence-electron chi connectivity index (χ4n) is 2.55. The van der Waals surface area contributed by atoms with E-state index in [9.17, 15) is 5.11 Å². The second-order valence-electron chi connectivity index (χ2n) is 5.49. The molecule has 1 heterocycles. The highest BCUT2D eigenvalue weighted by atomic mass is 16.3. The van der Waals surface area contributed by atoms with E-state index in [-0.39, 0.29) is 0 Å². The van der Waals surface area contributed by atoms with Gasteiger partial charge in [-0.2, -0.15) is 5.10 Å². The molecule has 0 radical (unpaired) electrons. The van der Waals surface area contributed by atoms with Gasteiger partial charge in [-0.15, -0.1) is 5.10 Å². The summed E-state index contributed by atoms with van der Waals surface area (Å²) in [5.41, 5.74) is 0.334. The first-order valence-corrected chi connectivity index (χ1v) is 6.88. The van der Waals surface area contributed by atoms with E-state index in [0.717, 1.165) is 43.1 Å². The maximum Gasteiger partial charge on any atom is 0.148 e. The van der Waals surface area contributed by atoms with Gasteiger partial charge in [0.05, 0.1) is 11.3 Å². The lowest BCUT2D eigenvalue weighted by Crippen LogP contribution is -2.40. The van der Waals surface area contributed by atoms with E-state index >= 15 is 0 Å². The average molecular weight is 249 g/mol. The summed E-state index contributed by atoms with van der Waals surface area (Å²) < 4.78 is 0. The molecule has 18 heavy (non-hydrogen) atoms. The van der Waals surface area contributed by atoms with Crippen LogP contribution in [0.15, 0.2) is 12.1 Å². The number of aliphatic hydroxyl groups is 1. The predicted octanol–water partition coefficient (Wildman–Crippen LogP) is 2.53. The van der Waals surface area contributed by atoms with Gasteiger partial charge in [-0.05, 0) is 50.7 Å². The maximum atomic E-state index is 10.5. The minimum atomic E-state index is -0.571. The van der Waals surface area contributed by atoms with Crippen molar-refractivity contribution in [3.8, 4) is 0 Å². The van der Waals surface area contributed by atoms with Crippen LogP contribution in [-0.2, 0) is 0 Å². The summed E-state index contributed by atoms with van der Waals surface area (Å²) in [4.78, 5) is 0. The summed E-state index contributed by atoms with van der Waals surface area (Å²) >= 11 is 0. The standard InChI is InChI=1S/C14H23N3O/c1-3-12-6-8-14(18,9-7-12)10-15-13-5-4-11(2)16-17-13/h4-5,12,18H,3,6-10H2,1-2H3,(H,15,17). The Kier molecular flexibility index (Phi) is 4.17. The van der Waals surface area contributed by atoms with Gasteiger partial charge in [0.2, 0.25) is 0 Å². The molecule has 1 aromatic heterocycles. The van der Waals surface area contributed by atoms with Crippen molar-refractivity contribution in [2.24, 2.45) is 5.92 Å². The Morgan fingerprint density at radius 2 is 2.06 bits per heavy atom. The molecule has 0 amide bonds. The zero-order chi connectivity index (χ0) is 13.0. The quantitative estimate of drug-likeness (QED) is 0.861. The summed E-state index contributed by atoms with van der Waals surface area (Å²) in [5.74, 6) is 1.54. The van der Waals surface area contributed by atoms with Crippen molar-refractivity contribution < 1.29 is 5.11 Å². The van der Waals surface area contributed by atoms with Gasteiger partial charge in [0.25, 0.3) is 0 Å². The van der Waals surface area contributed by atoms with Gasteiger partial charge in [0.15, 0.2) is 0 Å². The second-order valence-corrected chi connectivity index (χ2v) is 5.49. The first-order valence-electron chi connectivity index (χ1n) is 6.88. The molecule has 4 heteroatoms. The number of aryl methyl sites for hydroxylation is 1. The highest BCUT2D eigenvalue weighted by Crippen LogP contribution is 2.33. The molecule has 2 N–H and O–H groups in total. The lowest BCUT2D eigenvalue weighted by Gasteiger charge is -2.35. The van der Waals surface area contributed by atoms with Crippen LogP contribution in [0.25, 0.3) is 0 Å². The Bertz CT molecular complexity index is 369. The molecule has 1 saturated carbocycles. The Hall–Kier alpha value is -1.16. The third kappa shape index (κ3) is 3.42. The molecule has 1 aliphatic carbocycles. The molecule has 0 bridgehead atoms. The van der Waals surface area contributed by atoms with Crippen LogP contribution < -0.4 is 5.32 Å². The first kappa shape index (κ1) is 13.3. The number of hydrogen-bond acceptors (Lipinski definition) is 4. The van der Waals surface area contributed by atoms with Crippen molar-refractivity contribution >= 4 is 5.82 Å². The van der Waals surface area contributed by atoms with Crippen LogP contribution in [-0.4, -0.2) is 27.4 Å². The van der Waals surface area contributed by atoms with E-state index in [2.05, 4.69) is 22.4 Å². The largest absolute Gasteiger partial charge is 0.388 e. The van der Waals surface area contributed by atoms with Gasteiger partial charge in [0.1, 0.15) is 5.82 Å². The van der Waals surface area contributed by atoms with Crippen molar-refractivity contribution in [3.05, 3.63) is 17.8 Å². The normalized spacial score (nSPS) is 28.1. The van der Waals surface area contributed by atoms with Crippen LogP contribution in [0.1, 0.15) is 44.7 Å². The topological polar surface area (TPSA) is 58.0 Å². The lowest BCUT2D eigenvalue weighted by molar-refractivity contribution is 0.00222. The average Bonchev–Trinajstić information content (AvgIpc) is 2.39. The summed E-state index contributed by atoms with van der Waals surface area (Å²) in [7, 11) is 0. The van der Waals surface area contributed by atoms with Crippen LogP contribution in [0.2, 0.25) is 0 Å². The maximum absolute atomic E-state index is 10.5. The van der Waals surface area contributed by atoms with E-state index in [0.29, 0.717) is 6.54 Å². The SMILES string of the molecule is CCC1CCC(O)(CNc2ccc(C)nn2)CC1. The van der Waals surface area contributed by atoms with Crippen molar-refractivity contribution in [1.82, 2.24) is 10.2 Å². The summed E-state index contributed by atoms with van der Waals surface area (Å²) in [6.45, 7) is 4.71. The molecular weight excluding hydrogens is 226 g/mol. The Morgan fingerprint density at radius 1 is 1.33 bits per heavy atom. The molecule has 0 unspecified atom stereocenters. The second kappa shape index (κ2) is 5.65. The van der Waals surface area contributed by atoms with Gasteiger partial charge in [-0.3, -0.25) is 0 Å². The third-order valence-electron chi connectivity index (χ3n) is 4.01. The zero-order valence-corrected chi connectivity index (χ0v) is 11.3. The van der Waals surface area contributed by atoms with Crippen LogP contribution in [0.4, 0.5) is 5.82 Å². The van der Waals surface area contributed by atoms with Crippen molar-refractivity contribution in [2.75, 3.05) is 11.9 Å². The lowest BCUT2D eigenvalue weighted by atomic mass is 9.78. The first-order chi connectivity index (χ1) is 8.61. The van der Waals surface area contributed by atoms with Gasteiger partial charge in [-0.25, -0.2) is 0 Å². The molecule has 0 aliphatic heterocycles. The molecule has 0 atom stereocenters. The molecule has 0 saturated heterocycles. The predicted molar refractivity (Wildman–Crippen MR) is 72.5 cm³/mol. The van der Waals surface area contributed by atoms with Gasteiger partial charge in [0, 0.05) is 6.54 Å². The molecule has 0 spiro atoms. The highest BCUT2D eigenvalue weighted by molar-refractivity contribution is 5.33. The van der Waals surface area contributed by atoms with E-state index in [1.807, 2.05) is 19.1 Å². The Balaban J connectivity index is 1.84. The van der Waals surface area contributed by atoms with Crippen LogP contribution in [0.5, 0.6) is 0 Å². The van der Waals surface area contributed by atoms with Gasteiger partial charge in [-0.1, -0.05) is 13.3 Å². The third-order valence-corrected chi connectivity index (χ3v) is 4.01. The summed E-state index contributed by atoms with van der Waals surface area (Å²) in [5, 5.41) is 21.7. The van der Waals surface area contributed by atoms with Gasteiger partial charge < -0.3 is 10.4 Å². The van der Waals surface area contributed by atoms with Crippen LogP contribution in [0.3, 0.4) is 0 Å².